The molecule has 148 valence electrons. The highest BCUT2D eigenvalue weighted by atomic mass is 32.2. The zero-order valence-electron chi connectivity index (χ0n) is 16.5. The van der Waals surface area contributed by atoms with Crippen LogP contribution in [-0.2, 0) is 19.1 Å². The van der Waals surface area contributed by atoms with Crippen LogP contribution in [-0.4, -0.2) is 46.4 Å². The van der Waals surface area contributed by atoms with E-state index in [1.165, 1.54) is 16.7 Å². The molecule has 0 saturated carbocycles. The summed E-state index contributed by atoms with van der Waals surface area (Å²) in [5.41, 5.74) is 0.360. The lowest BCUT2D eigenvalue weighted by Gasteiger charge is -2.39. The van der Waals surface area contributed by atoms with E-state index in [0.29, 0.717) is 0 Å². The molecule has 0 spiro atoms. The number of ketones is 1. The molecule has 0 N–H and O–H groups in total. The molecule has 27 heavy (non-hydrogen) atoms. The SMILES string of the molecule is CCOC(=O)[C@@H]1CCC(=O)C(Sc2ccc(C)cc2)N1C(=O)OC(C)(C)C. The maximum atomic E-state index is 12.9. The van der Waals surface area contributed by atoms with Crippen molar-refractivity contribution in [2.75, 3.05) is 6.61 Å². The summed E-state index contributed by atoms with van der Waals surface area (Å²) in [4.78, 5) is 40.0. The van der Waals surface area contributed by atoms with Crippen molar-refractivity contribution >= 4 is 29.6 Å². The molecule has 2 atom stereocenters. The van der Waals surface area contributed by atoms with E-state index in [1.54, 1.807) is 27.7 Å². The lowest BCUT2D eigenvalue weighted by Crippen LogP contribution is -2.57. The van der Waals surface area contributed by atoms with Gasteiger partial charge in [0.2, 0.25) is 0 Å². The molecule has 1 aliphatic rings. The first-order chi connectivity index (χ1) is 12.6. The number of hydrogen-bond donors (Lipinski definition) is 0. The van der Waals surface area contributed by atoms with Gasteiger partial charge < -0.3 is 9.47 Å². The van der Waals surface area contributed by atoms with Crippen molar-refractivity contribution in [3.05, 3.63) is 29.8 Å². The molecule has 0 aromatic heterocycles. The molecule has 1 heterocycles. The Bertz CT molecular complexity index is 695. The van der Waals surface area contributed by atoms with Gasteiger partial charge in [0.05, 0.1) is 6.61 Å². The van der Waals surface area contributed by atoms with Gasteiger partial charge in [0.1, 0.15) is 17.0 Å². The third-order valence-electron chi connectivity index (χ3n) is 3.96. The number of Topliss-reactive ketones (excluding diaryl/α,β-unsaturated/α-hetero) is 1. The third kappa shape index (κ3) is 5.73. The van der Waals surface area contributed by atoms with Crippen LogP contribution in [0.15, 0.2) is 29.2 Å². The Kier molecular flexibility index (Phi) is 6.92. The fourth-order valence-corrected chi connectivity index (χ4v) is 3.88. The van der Waals surface area contributed by atoms with E-state index in [9.17, 15) is 14.4 Å². The first-order valence-corrected chi connectivity index (χ1v) is 9.94. The highest BCUT2D eigenvalue weighted by Gasteiger charge is 2.45. The predicted molar refractivity (Wildman–Crippen MR) is 104 cm³/mol. The second-order valence-electron chi connectivity index (χ2n) is 7.44. The molecule has 0 bridgehead atoms. The molecule has 1 unspecified atom stereocenters. The number of carbonyl (C=O) groups excluding carboxylic acids is 3. The molecule has 1 amide bonds. The van der Waals surface area contributed by atoms with E-state index in [4.69, 9.17) is 9.47 Å². The smallest absolute Gasteiger partial charge is 0.412 e. The number of aryl methyl sites for hydroxylation is 1. The lowest BCUT2D eigenvalue weighted by molar-refractivity contribution is -0.152. The van der Waals surface area contributed by atoms with Crippen molar-refractivity contribution in [2.45, 2.75) is 69.4 Å². The summed E-state index contributed by atoms with van der Waals surface area (Å²) in [6.45, 7) is 9.14. The van der Waals surface area contributed by atoms with Crippen LogP contribution in [0.25, 0.3) is 0 Å². The average molecular weight is 394 g/mol. The minimum absolute atomic E-state index is 0.105. The number of rotatable bonds is 4. The molecular formula is C20H27NO5S. The summed E-state index contributed by atoms with van der Waals surface area (Å²) in [6, 6.07) is 6.84. The van der Waals surface area contributed by atoms with E-state index in [0.717, 1.165) is 10.5 Å². The van der Waals surface area contributed by atoms with E-state index in [-0.39, 0.29) is 25.2 Å². The summed E-state index contributed by atoms with van der Waals surface area (Å²) in [6.07, 6.45) is -0.230. The molecule has 1 saturated heterocycles. The number of esters is 1. The zero-order chi connectivity index (χ0) is 20.2. The number of ether oxygens (including phenoxy) is 2. The van der Waals surface area contributed by atoms with Crippen molar-refractivity contribution < 1.29 is 23.9 Å². The molecule has 1 aliphatic heterocycles. The Morgan fingerprint density at radius 2 is 1.85 bits per heavy atom. The van der Waals surface area contributed by atoms with E-state index >= 15 is 0 Å². The van der Waals surface area contributed by atoms with Crippen LogP contribution in [0.1, 0.15) is 46.1 Å². The van der Waals surface area contributed by atoms with Gasteiger partial charge >= 0.3 is 12.1 Å². The Balaban J connectivity index is 2.34. The number of carbonyl (C=O) groups is 3. The number of amides is 1. The highest BCUT2D eigenvalue weighted by Crippen LogP contribution is 2.34. The van der Waals surface area contributed by atoms with Crippen molar-refractivity contribution in [1.82, 2.24) is 4.90 Å². The zero-order valence-corrected chi connectivity index (χ0v) is 17.3. The molecule has 2 rings (SSSR count). The van der Waals surface area contributed by atoms with Gasteiger partial charge in [0.25, 0.3) is 0 Å². The van der Waals surface area contributed by atoms with Crippen LogP contribution in [0.4, 0.5) is 4.79 Å². The van der Waals surface area contributed by atoms with Gasteiger partial charge in [-0.2, -0.15) is 0 Å². The number of benzene rings is 1. The van der Waals surface area contributed by atoms with Crippen LogP contribution in [0.2, 0.25) is 0 Å². The minimum atomic E-state index is -0.833. The van der Waals surface area contributed by atoms with Gasteiger partial charge in [-0.1, -0.05) is 29.5 Å². The fourth-order valence-electron chi connectivity index (χ4n) is 2.74. The van der Waals surface area contributed by atoms with Gasteiger partial charge in [-0.25, -0.2) is 9.59 Å². The number of piperidine rings is 1. The van der Waals surface area contributed by atoms with Gasteiger partial charge in [-0.3, -0.25) is 9.69 Å². The van der Waals surface area contributed by atoms with Crippen molar-refractivity contribution in [2.24, 2.45) is 0 Å². The van der Waals surface area contributed by atoms with Crippen molar-refractivity contribution in [3.63, 3.8) is 0 Å². The first kappa shape index (κ1) is 21.3. The summed E-state index contributed by atoms with van der Waals surface area (Å²) in [5.74, 6) is -0.614. The monoisotopic (exact) mass is 393 g/mol. The summed E-state index contributed by atoms with van der Waals surface area (Å²) >= 11 is 1.25. The summed E-state index contributed by atoms with van der Waals surface area (Å²) < 4.78 is 10.6. The number of thioether (sulfide) groups is 1. The Morgan fingerprint density at radius 1 is 1.22 bits per heavy atom. The lowest BCUT2D eigenvalue weighted by atomic mass is 10.0. The highest BCUT2D eigenvalue weighted by molar-refractivity contribution is 8.00. The third-order valence-corrected chi connectivity index (χ3v) is 5.22. The largest absolute Gasteiger partial charge is 0.464 e. The number of nitrogens with zero attached hydrogens (tertiary/aromatic N) is 1. The van der Waals surface area contributed by atoms with Crippen molar-refractivity contribution in [1.29, 1.82) is 0 Å². The van der Waals surface area contributed by atoms with E-state index < -0.39 is 29.1 Å². The molecule has 0 aliphatic carbocycles. The van der Waals surface area contributed by atoms with E-state index in [2.05, 4.69) is 0 Å². The van der Waals surface area contributed by atoms with E-state index in [1.807, 2.05) is 31.2 Å². The number of likely N-dealkylation sites (tertiary alicyclic amines) is 1. The standard InChI is InChI=1S/C20H27NO5S/c1-6-25-18(23)15-11-12-16(22)17(21(15)19(24)26-20(3,4)5)27-14-9-7-13(2)8-10-14/h7-10,15,17H,6,11-12H2,1-5H3/t15-,17?/m0/s1. The molecule has 6 nitrogen and oxygen atoms in total. The predicted octanol–water partition coefficient (Wildman–Crippen LogP) is 3.94. The summed E-state index contributed by atoms with van der Waals surface area (Å²) in [5, 5.41) is -0.828. The Morgan fingerprint density at radius 3 is 2.41 bits per heavy atom. The van der Waals surface area contributed by atoms with Crippen LogP contribution in [0.3, 0.4) is 0 Å². The van der Waals surface area contributed by atoms with Crippen LogP contribution >= 0.6 is 11.8 Å². The number of hydrogen-bond acceptors (Lipinski definition) is 6. The fraction of sp³-hybridized carbons (Fsp3) is 0.550. The average Bonchev–Trinajstić information content (AvgIpc) is 2.57. The summed E-state index contributed by atoms with van der Waals surface area (Å²) in [7, 11) is 0. The molecule has 0 radical (unpaired) electrons. The molecule has 1 aromatic rings. The second kappa shape index (κ2) is 8.78. The first-order valence-electron chi connectivity index (χ1n) is 9.06. The molecular weight excluding hydrogens is 366 g/mol. The molecule has 1 fully saturated rings. The Hall–Kier alpha value is -2.02. The van der Waals surface area contributed by atoms with Crippen LogP contribution < -0.4 is 0 Å². The van der Waals surface area contributed by atoms with Gasteiger partial charge in [-0.15, -0.1) is 0 Å². The quantitative estimate of drug-likeness (QED) is 0.722. The topological polar surface area (TPSA) is 72.9 Å². The second-order valence-corrected chi connectivity index (χ2v) is 8.60. The molecule has 7 heteroatoms. The van der Waals surface area contributed by atoms with Crippen molar-refractivity contribution in [3.8, 4) is 0 Å². The maximum absolute atomic E-state index is 12.9. The molecule has 1 aromatic carbocycles. The van der Waals surface area contributed by atoms with Crippen LogP contribution in [0, 0.1) is 6.92 Å². The Labute approximate surface area is 164 Å². The minimum Gasteiger partial charge on any atom is -0.464 e. The maximum Gasteiger partial charge on any atom is 0.412 e. The van der Waals surface area contributed by atoms with Gasteiger partial charge in [0, 0.05) is 11.3 Å². The van der Waals surface area contributed by atoms with Gasteiger partial charge in [0.15, 0.2) is 5.78 Å². The van der Waals surface area contributed by atoms with Gasteiger partial charge in [-0.05, 0) is 53.2 Å². The normalized spacial score (nSPS) is 20.3. The van der Waals surface area contributed by atoms with Crippen LogP contribution in [0.5, 0.6) is 0 Å².